The molecular formula is C14H19N3O. The third kappa shape index (κ3) is 2.08. The first-order chi connectivity index (χ1) is 8.86. The molecule has 0 aromatic heterocycles. The Kier molecular flexibility index (Phi) is 3.19. The van der Waals surface area contributed by atoms with Crippen LogP contribution >= 0.6 is 0 Å². The summed E-state index contributed by atoms with van der Waals surface area (Å²) in [5, 5.41) is 6.65. The van der Waals surface area contributed by atoms with Gasteiger partial charge in [-0.1, -0.05) is 6.07 Å². The third-order valence-electron chi connectivity index (χ3n) is 3.73. The van der Waals surface area contributed by atoms with E-state index in [2.05, 4.69) is 16.7 Å². The van der Waals surface area contributed by atoms with Crippen LogP contribution in [-0.2, 0) is 6.42 Å². The summed E-state index contributed by atoms with van der Waals surface area (Å²) >= 11 is 0. The maximum atomic E-state index is 12.5. The van der Waals surface area contributed by atoms with Gasteiger partial charge < -0.3 is 15.5 Å². The molecule has 0 atom stereocenters. The minimum atomic E-state index is 0.192. The first kappa shape index (κ1) is 11.5. The van der Waals surface area contributed by atoms with E-state index in [-0.39, 0.29) is 5.91 Å². The van der Waals surface area contributed by atoms with Crippen LogP contribution in [0.5, 0.6) is 0 Å². The minimum absolute atomic E-state index is 0.192. The second-order valence-corrected chi connectivity index (χ2v) is 4.90. The van der Waals surface area contributed by atoms with Crippen LogP contribution in [0, 0.1) is 0 Å². The van der Waals surface area contributed by atoms with Gasteiger partial charge in [0.15, 0.2) is 0 Å². The van der Waals surface area contributed by atoms with Crippen molar-refractivity contribution in [3.8, 4) is 0 Å². The molecule has 1 aromatic carbocycles. The lowest BCUT2D eigenvalue weighted by atomic mass is 9.96. The smallest absolute Gasteiger partial charge is 0.254 e. The van der Waals surface area contributed by atoms with Gasteiger partial charge in [-0.05, 0) is 30.5 Å². The molecule has 0 saturated carbocycles. The van der Waals surface area contributed by atoms with Gasteiger partial charge in [-0.25, -0.2) is 0 Å². The number of carbonyl (C=O) groups is 1. The van der Waals surface area contributed by atoms with Crippen molar-refractivity contribution in [2.75, 3.05) is 38.0 Å². The summed E-state index contributed by atoms with van der Waals surface area (Å²) in [6.07, 6.45) is 2.12. The predicted octanol–water partition coefficient (Wildman–Crippen LogP) is 1.09. The molecule has 0 spiro atoms. The Bertz CT molecular complexity index is 452. The van der Waals surface area contributed by atoms with E-state index in [1.54, 1.807) is 0 Å². The summed E-state index contributed by atoms with van der Waals surface area (Å²) in [5.41, 5.74) is 3.23. The van der Waals surface area contributed by atoms with E-state index < -0.39 is 0 Å². The fourth-order valence-corrected chi connectivity index (χ4v) is 2.75. The second kappa shape index (κ2) is 4.98. The van der Waals surface area contributed by atoms with Gasteiger partial charge in [0, 0.05) is 44.0 Å². The number of hydrogen-bond donors (Lipinski definition) is 2. The molecule has 2 aliphatic heterocycles. The summed E-state index contributed by atoms with van der Waals surface area (Å²) in [4.78, 5) is 14.5. The Labute approximate surface area is 107 Å². The predicted molar refractivity (Wildman–Crippen MR) is 72.0 cm³/mol. The van der Waals surface area contributed by atoms with E-state index in [0.29, 0.717) is 0 Å². The molecule has 3 rings (SSSR count). The molecule has 1 fully saturated rings. The SMILES string of the molecule is O=C(c1cccc2c1CCCN2)N1CCNCC1. The number of rotatable bonds is 1. The van der Waals surface area contributed by atoms with Crippen molar-refractivity contribution in [2.24, 2.45) is 0 Å². The van der Waals surface area contributed by atoms with Crippen LogP contribution in [0.2, 0.25) is 0 Å². The van der Waals surface area contributed by atoms with Crippen LogP contribution in [-0.4, -0.2) is 43.5 Å². The fraction of sp³-hybridized carbons (Fsp3) is 0.500. The summed E-state index contributed by atoms with van der Waals surface area (Å²) in [6, 6.07) is 6.02. The number of nitrogens with one attached hydrogen (secondary N) is 2. The standard InChI is InChI=1S/C14H19N3O/c18-14(17-9-7-15-8-10-17)12-3-1-5-13-11(12)4-2-6-16-13/h1,3,5,15-16H,2,4,6-10H2. The van der Waals surface area contributed by atoms with Crippen LogP contribution in [0.15, 0.2) is 18.2 Å². The van der Waals surface area contributed by atoms with E-state index in [9.17, 15) is 4.79 Å². The minimum Gasteiger partial charge on any atom is -0.385 e. The molecule has 2 aliphatic rings. The van der Waals surface area contributed by atoms with Gasteiger partial charge in [0.1, 0.15) is 0 Å². The van der Waals surface area contributed by atoms with Gasteiger partial charge in [0.05, 0.1) is 0 Å². The van der Waals surface area contributed by atoms with Gasteiger partial charge in [-0.3, -0.25) is 4.79 Å². The number of nitrogens with zero attached hydrogens (tertiary/aromatic N) is 1. The number of piperazine rings is 1. The molecule has 2 N–H and O–H groups in total. The van der Waals surface area contributed by atoms with Gasteiger partial charge >= 0.3 is 0 Å². The second-order valence-electron chi connectivity index (χ2n) is 4.90. The van der Waals surface area contributed by atoms with E-state index >= 15 is 0 Å². The molecule has 0 aliphatic carbocycles. The number of fused-ring (bicyclic) bond motifs is 1. The third-order valence-corrected chi connectivity index (χ3v) is 3.73. The van der Waals surface area contributed by atoms with Crippen LogP contribution in [0.3, 0.4) is 0 Å². The lowest BCUT2D eigenvalue weighted by Crippen LogP contribution is -2.46. The molecule has 0 unspecified atom stereocenters. The van der Waals surface area contributed by atoms with E-state index in [1.165, 1.54) is 5.56 Å². The molecule has 0 bridgehead atoms. The molecular weight excluding hydrogens is 226 g/mol. The first-order valence-corrected chi connectivity index (χ1v) is 6.72. The lowest BCUT2D eigenvalue weighted by molar-refractivity contribution is 0.0734. The molecule has 4 heteroatoms. The highest BCUT2D eigenvalue weighted by Crippen LogP contribution is 2.26. The average Bonchev–Trinajstić information content (AvgIpc) is 2.47. The largest absolute Gasteiger partial charge is 0.385 e. The summed E-state index contributed by atoms with van der Waals surface area (Å²) in [5.74, 6) is 0.192. The maximum absolute atomic E-state index is 12.5. The Hall–Kier alpha value is -1.55. The molecule has 0 radical (unpaired) electrons. The van der Waals surface area contributed by atoms with Crippen LogP contribution < -0.4 is 10.6 Å². The number of anilines is 1. The Balaban J connectivity index is 1.89. The van der Waals surface area contributed by atoms with Crippen molar-refractivity contribution in [2.45, 2.75) is 12.8 Å². The van der Waals surface area contributed by atoms with Crippen molar-refractivity contribution in [3.05, 3.63) is 29.3 Å². The zero-order valence-electron chi connectivity index (χ0n) is 10.5. The molecule has 1 amide bonds. The van der Waals surface area contributed by atoms with Crippen molar-refractivity contribution in [1.29, 1.82) is 0 Å². The molecule has 96 valence electrons. The van der Waals surface area contributed by atoms with E-state index in [1.807, 2.05) is 17.0 Å². The van der Waals surface area contributed by atoms with Gasteiger partial charge in [-0.15, -0.1) is 0 Å². The van der Waals surface area contributed by atoms with Gasteiger partial charge in [0.2, 0.25) is 0 Å². The summed E-state index contributed by atoms with van der Waals surface area (Å²) < 4.78 is 0. The van der Waals surface area contributed by atoms with E-state index in [4.69, 9.17) is 0 Å². The Morgan fingerprint density at radius 1 is 1.17 bits per heavy atom. The topological polar surface area (TPSA) is 44.4 Å². The monoisotopic (exact) mass is 245 g/mol. The van der Waals surface area contributed by atoms with Crippen molar-refractivity contribution < 1.29 is 4.79 Å². The zero-order valence-corrected chi connectivity index (χ0v) is 10.5. The Morgan fingerprint density at radius 2 is 2.00 bits per heavy atom. The van der Waals surface area contributed by atoms with Crippen LogP contribution in [0.1, 0.15) is 22.3 Å². The molecule has 4 nitrogen and oxygen atoms in total. The number of carbonyl (C=O) groups excluding carboxylic acids is 1. The number of benzene rings is 1. The van der Waals surface area contributed by atoms with Crippen molar-refractivity contribution in [3.63, 3.8) is 0 Å². The molecule has 18 heavy (non-hydrogen) atoms. The zero-order chi connectivity index (χ0) is 12.4. The first-order valence-electron chi connectivity index (χ1n) is 6.72. The van der Waals surface area contributed by atoms with Crippen molar-refractivity contribution in [1.82, 2.24) is 10.2 Å². The highest BCUT2D eigenvalue weighted by molar-refractivity contribution is 5.97. The summed E-state index contributed by atoms with van der Waals surface area (Å²) in [7, 11) is 0. The van der Waals surface area contributed by atoms with Crippen LogP contribution in [0.4, 0.5) is 5.69 Å². The number of amides is 1. The van der Waals surface area contributed by atoms with Crippen molar-refractivity contribution >= 4 is 11.6 Å². The summed E-state index contributed by atoms with van der Waals surface area (Å²) in [6.45, 7) is 4.45. The Morgan fingerprint density at radius 3 is 2.83 bits per heavy atom. The van der Waals surface area contributed by atoms with Gasteiger partial charge in [-0.2, -0.15) is 0 Å². The lowest BCUT2D eigenvalue weighted by Gasteiger charge is -2.29. The normalized spacial score (nSPS) is 19.0. The highest BCUT2D eigenvalue weighted by atomic mass is 16.2. The highest BCUT2D eigenvalue weighted by Gasteiger charge is 2.22. The average molecular weight is 245 g/mol. The quantitative estimate of drug-likeness (QED) is 0.778. The van der Waals surface area contributed by atoms with E-state index in [0.717, 1.165) is 56.8 Å². The molecule has 1 aromatic rings. The fourth-order valence-electron chi connectivity index (χ4n) is 2.75. The van der Waals surface area contributed by atoms with Crippen LogP contribution in [0.25, 0.3) is 0 Å². The maximum Gasteiger partial charge on any atom is 0.254 e. The molecule has 1 saturated heterocycles. The van der Waals surface area contributed by atoms with Gasteiger partial charge in [0.25, 0.3) is 5.91 Å². The number of hydrogen-bond acceptors (Lipinski definition) is 3. The molecule has 2 heterocycles.